The van der Waals surface area contributed by atoms with E-state index in [2.05, 4.69) is 4.98 Å². The zero-order valence-corrected chi connectivity index (χ0v) is 10.4. The summed E-state index contributed by atoms with van der Waals surface area (Å²) in [5, 5.41) is 7.69. The Hall–Kier alpha value is -2.09. The second-order valence-corrected chi connectivity index (χ2v) is 4.20. The van der Waals surface area contributed by atoms with E-state index >= 15 is 0 Å². The van der Waals surface area contributed by atoms with Gasteiger partial charge in [0.25, 0.3) is 5.56 Å². The van der Waals surface area contributed by atoms with Gasteiger partial charge in [-0.25, -0.2) is 4.98 Å². The van der Waals surface area contributed by atoms with E-state index in [9.17, 15) is 22.8 Å². The number of fused-ring (bicyclic) bond motifs is 1. The average molecular weight is 307 g/mol. The van der Waals surface area contributed by atoms with Crippen molar-refractivity contribution >= 4 is 28.5 Å². The van der Waals surface area contributed by atoms with Gasteiger partial charge in [-0.1, -0.05) is 6.07 Å². The maximum absolute atomic E-state index is 12.8. The Kier molecular flexibility index (Phi) is 3.43. The molecule has 2 rings (SSSR count). The van der Waals surface area contributed by atoms with Crippen LogP contribution in [0.1, 0.15) is 5.56 Å². The summed E-state index contributed by atoms with van der Waals surface area (Å²) in [5.41, 5.74) is -2.64. The molecule has 0 aliphatic carbocycles. The number of rotatable bonds is 2. The summed E-state index contributed by atoms with van der Waals surface area (Å²) in [6.45, 7) is -0.781. The van der Waals surface area contributed by atoms with Gasteiger partial charge in [0, 0.05) is 0 Å². The molecular weight excluding hydrogens is 301 g/mol. The molecule has 0 radical (unpaired) electrons. The fourth-order valence-corrected chi connectivity index (χ4v) is 1.94. The van der Waals surface area contributed by atoms with Gasteiger partial charge in [-0.2, -0.15) is 13.2 Å². The highest BCUT2D eigenvalue weighted by atomic mass is 35.5. The summed E-state index contributed by atoms with van der Waals surface area (Å²) in [4.78, 5) is 26.1. The first-order valence-corrected chi connectivity index (χ1v) is 5.57. The first-order chi connectivity index (χ1) is 9.21. The minimum atomic E-state index is -4.69. The van der Waals surface area contributed by atoms with Crippen molar-refractivity contribution in [2.75, 3.05) is 0 Å². The molecule has 0 saturated carbocycles. The van der Waals surface area contributed by atoms with Gasteiger partial charge in [0.15, 0.2) is 0 Å². The van der Waals surface area contributed by atoms with Gasteiger partial charge in [0.2, 0.25) is 5.28 Å². The SMILES string of the molecule is O=C(O)Cn1c(Cl)nc2c(C(F)(F)F)cccc2c1=O. The van der Waals surface area contributed by atoms with Gasteiger partial charge in [-0.15, -0.1) is 0 Å². The Bertz CT molecular complexity index is 755. The van der Waals surface area contributed by atoms with Crippen molar-refractivity contribution in [3.8, 4) is 0 Å². The molecule has 0 unspecified atom stereocenters. The van der Waals surface area contributed by atoms with E-state index < -0.39 is 40.6 Å². The average Bonchev–Trinajstić information content (AvgIpc) is 2.32. The number of carbonyl (C=O) groups is 1. The smallest absolute Gasteiger partial charge is 0.418 e. The van der Waals surface area contributed by atoms with E-state index in [1.807, 2.05) is 0 Å². The van der Waals surface area contributed by atoms with Crippen LogP contribution in [0, 0.1) is 0 Å². The van der Waals surface area contributed by atoms with Crippen LogP contribution in [0.5, 0.6) is 0 Å². The number of alkyl halides is 3. The van der Waals surface area contributed by atoms with Crippen molar-refractivity contribution in [2.45, 2.75) is 12.7 Å². The molecule has 0 saturated heterocycles. The predicted octanol–water partition coefficient (Wildman–Crippen LogP) is 2.15. The summed E-state index contributed by atoms with van der Waals surface area (Å²) in [7, 11) is 0. The predicted molar refractivity (Wildman–Crippen MR) is 63.7 cm³/mol. The number of halogens is 4. The molecule has 0 spiro atoms. The van der Waals surface area contributed by atoms with Gasteiger partial charge in [0.1, 0.15) is 6.54 Å². The Balaban J connectivity index is 2.83. The fourth-order valence-electron chi connectivity index (χ4n) is 1.72. The molecule has 106 valence electrons. The van der Waals surface area contributed by atoms with Crippen molar-refractivity contribution in [1.29, 1.82) is 0 Å². The van der Waals surface area contributed by atoms with Gasteiger partial charge in [-0.3, -0.25) is 14.2 Å². The monoisotopic (exact) mass is 306 g/mol. The number of benzene rings is 1. The van der Waals surface area contributed by atoms with E-state index in [4.69, 9.17) is 16.7 Å². The zero-order chi connectivity index (χ0) is 15.1. The lowest BCUT2D eigenvalue weighted by Crippen LogP contribution is -2.26. The molecule has 2 aromatic rings. The maximum atomic E-state index is 12.8. The van der Waals surface area contributed by atoms with Crippen LogP contribution in [-0.2, 0) is 17.5 Å². The summed E-state index contributed by atoms with van der Waals surface area (Å²) in [6, 6.07) is 2.95. The summed E-state index contributed by atoms with van der Waals surface area (Å²) < 4.78 is 39.0. The van der Waals surface area contributed by atoms with Crippen LogP contribution in [-0.4, -0.2) is 20.6 Å². The molecule has 0 aliphatic heterocycles. The summed E-state index contributed by atoms with van der Waals surface area (Å²) in [6.07, 6.45) is -4.69. The van der Waals surface area contributed by atoms with Crippen LogP contribution in [0.25, 0.3) is 10.9 Å². The molecule has 1 N–H and O–H groups in total. The molecule has 20 heavy (non-hydrogen) atoms. The molecular formula is C11H6ClF3N2O3. The van der Waals surface area contributed by atoms with E-state index in [0.717, 1.165) is 18.2 Å². The van der Waals surface area contributed by atoms with Gasteiger partial charge >= 0.3 is 12.1 Å². The highest BCUT2D eigenvalue weighted by Crippen LogP contribution is 2.33. The van der Waals surface area contributed by atoms with Crippen LogP contribution < -0.4 is 5.56 Å². The molecule has 1 aromatic heterocycles. The van der Waals surface area contributed by atoms with Crippen LogP contribution in [0.3, 0.4) is 0 Å². The quantitative estimate of drug-likeness (QED) is 0.863. The van der Waals surface area contributed by atoms with Crippen molar-refractivity contribution in [2.24, 2.45) is 0 Å². The third kappa shape index (κ3) is 2.46. The molecule has 0 bridgehead atoms. The van der Waals surface area contributed by atoms with Crippen LogP contribution >= 0.6 is 11.6 Å². The van der Waals surface area contributed by atoms with Gasteiger partial charge in [0.05, 0.1) is 16.5 Å². The highest BCUT2D eigenvalue weighted by molar-refractivity contribution is 6.28. The molecule has 1 aromatic carbocycles. The Morgan fingerprint density at radius 3 is 2.60 bits per heavy atom. The van der Waals surface area contributed by atoms with Crippen LogP contribution in [0.4, 0.5) is 13.2 Å². The molecule has 1 heterocycles. The number of aliphatic carboxylic acids is 1. The molecule has 5 nitrogen and oxygen atoms in total. The number of carboxylic acid groups (broad SMARTS) is 1. The molecule has 0 fully saturated rings. The van der Waals surface area contributed by atoms with Crippen LogP contribution in [0.2, 0.25) is 5.28 Å². The summed E-state index contributed by atoms with van der Waals surface area (Å²) in [5.74, 6) is -1.36. The third-order valence-corrected chi connectivity index (χ3v) is 2.83. The topological polar surface area (TPSA) is 72.2 Å². The number of aromatic nitrogens is 2. The van der Waals surface area contributed by atoms with E-state index in [1.165, 1.54) is 0 Å². The normalized spacial score (nSPS) is 11.8. The van der Waals surface area contributed by atoms with Crippen molar-refractivity contribution in [1.82, 2.24) is 9.55 Å². The maximum Gasteiger partial charge on any atom is 0.418 e. The lowest BCUT2D eigenvalue weighted by atomic mass is 10.1. The second-order valence-electron chi connectivity index (χ2n) is 3.87. The lowest BCUT2D eigenvalue weighted by Gasteiger charge is -2.11. The van der Waals surface area contributed by atoms with E-state index in [1.54, 1.807) is 0 Å². The largest absolute Gasteiger partial charge is 0.480 e. The van der Waals surface area contributed by atoms with Crippen LogP contribution in [0.15, 0.2) is 23.0 Å². The summed E-state index contributed by atoms with van der Waals surface area (Å²) >= 11 is 5.60. The molecule has 0 amide bonds. The van der Waals surface area contributed by atoms with Crippen molar-refractivity contribution in [3.05, 3.63) is 39.4 Å². The second kappa shape index (κ2) is 4.78. The van der Waals surface area contributed by atoms with Gasteiger partial charge < -0.3 is 5.11 Å². The first-order valence-electron chi connectivity index (χ1n) is 5.20. The Morgan fingerprint density at radius 1 is 1.40 bits per heavy atom. The first kappa shape index (κ1) is 14.3. The number of hydrogen-bond acceptors (Lipinski definition) is 3. The highest BCUT2D eigenvalue weighted by Gasteiger charge is 2.34. The molecule has 0 aliphatic rings. The minimum Gasteiger partial charge on any atom is -0.480 e. The zero-order valence-electron chi connectivity index (χ0n) is 9.61. The molecule has 0 atom stereocenters. The fraction of sp³-hybridized carbons (Fsp3) is 0.182. The number of para-hydroxylation sites is 1. The van der Waals surface area contributed by atoms with E-state index in [-0.39, 0.29) is 5.39 Å². The van der Waals surface area contributed by atoms with E-state index in [0.29, 0.717) is 4.57 Å². The molecule has 9 heteroatoms. The lowest BCUT2D eigenvalue weighted by molar-refractivity contribution is -0.138. The number of carboxylic acids is 1. The minimum absolute atomic E-state index is 0.342. The standard InChI is InChI=1S/C11H6ClF3N2O3/c12-10-16-8-5(9(20)17(10)4-7(18)19)2-1-3-6(8)11(13,14)15/h1-3H,4H2,(H,18,19). The van der Waals surface area contributed by atoms with Gasteiger partial charge in [-0.05, 0) is 23.7 Å². The third-order valence-electron chi connectivity index (χ3n) is 2.54. The Labute approximate surface area is 114 Å². The number of nitrogens with zero attached hydrogens (tertiary/aromatic N) is 2. The van der Waals surface area contributed by atoms with Crippen molar-refractivity contribution < 1.29 is 23.1 Å². The van der Waals surface area contributed by atoms with Crippen molar-refractivity contribution in [3.63, 3.8) is 0 Å². The number of hydrogen-bond donors (Lipinski definition) is 1. The Morgan fingerprint density at radius 2 is 2.05 bits per heavy atom.